The third kappa shape index (κ3) is 2.82. The van der Waals surface area contributed by atoms with Crippen molar-refractivity contribution in [1.29, 1.82) is 0 Å². The zero-order valence-corrected chi connectivity index (χ0v) is 9.93. The van der Waals surface area contributed by atoms with Crippen LogP contribution in [0.4, 0.5) is 5.69 Å². The lowest BCUT2D eigenvalue weighted by molar-refractivity contribution is -0.385. The maximum absolute atomic E-state index is 10.8. The second kappa shape index (κ2) is 4.84. The van der Waals surface area contributed by atoms with Crippen LogP contribution in [0, 0.1) is 23.0 Å². The van der Waals surface area contributed by atoms with Gasteiger partial charge in [-0.25, -0.2) is 0 Å². The zero-order valence-electron chi connectivity index (χ0n) is 9.93. The first-order chi connectivity index (χ1) is 8.09. The van der Waals surface area contributed by atoms with Gasteiger partial charge in [0.2, 0.25) is 0 Å². The predicted molar refractivity (Wildman–Crippen MR) is 64.9 cm³/mol. The lowest BCUT2D eigenvalue weighted by Crippen LogP contribution is -2.10. The van der Waals surface area contributed by atoms with Gasteiger partial charge < -0.3 is 5.11 Å². The Kier molecular flexibility index (Phi) is 3.43. The molecule has 1 N–H and O–H groups in total. The second-order valence-electron chi connectivity index (χ2n) is 4.76. The van der Waals surface area contributed by atoms with E-state index in [1.807, 2.05) is 6.07 Å². The van der Waals surface area contributed by atoms with Gasteiger partial charge in [-0.2, -0.15) is 0 Å². The van der Waals surface area contributed by atoms with Crippen LogP contribution in [0.2, 0.25) is 0 Å². The summed E-state index contributed by atoms with van der Waals surface area (Å²) < 4.78 is 0. The van der Waals surface area contributed by atoms with Crippen LogP contribution < -0.4 is 0 Å². The van der Waals surface area contributed by atoms with E-state index in [-0.39, 0.29) is 16.7 Å². The number of aryl methyl sites for hydroxylation is 1. The Labute approximate surface area is 100 Å². The molecule has 0 amide bonds. The predicted octanol–water partition coefficient (Wildman–Crippen LogP) is 2.61. The summed E-state index contributed by atoms with van der Waals surface area (Å²) in [5.74, 6) is 0.467. The Balaban J connectivity index is 2.04. The van der Waals surface area contributed by atoms with E-state index in [4.69, 9.17) is 0 Å². The summed E-state index contributed by atoms with van der Waals surface area (Å²) >= 11 is 0. The highest BCUT2D eigenvalue weighted by molar-refractivity contribution is 5.44. The third-order valence-electron chi connectivity index (χ3n) is 3.49. The molecule has 1 atom stereocenters. The fraction of sp³-hybridized carbons (Fsp3) is 0.538. The van der Waals surface area contributed by atoms with Crippen molar-refractivity contribution in [2.24, 2.45) is 5.92 Å². The van der Waals surface area contributed by atoms with Gasteiger partial charge in [0, 0.05) is 11.6 Å². The topological polar surface area (TPSA) is 63.4 Å². The number of rotatable bonds is 5. The first kappa shape index (κ1) is 12.0. The summed E-state index contributed by atoms with van der Waals surface area (Å²) in [6.45, 7) is 1.77. The Bertz CT molecular complexity index is 427. The summed E-state index contributed by atoms with van der Waals surface area (Å²) in [6.07, 6.45) is 3.41. The molecule has 1 aromatic carbocycles. The molecule has 17 heavy (non-hydrogen) atoms. The molecule has 0 spiro atoms. The van der Waals surface area contributed by atoms with Gasteiger partial charge >= 0.3 is 0 Å². The minimum Gasteiger partial charge on any atom is -0.393 e. The minimum absolute atomic E-state index is 0.170. The standard InChI is InChI=1S/C13H17NO3/c1-9-10(3-2-4-12(9)14(16)17)7-8-13(15)11-5-6-11/h2-4,11,13,15H,5-8H2,1H3. The fourth-order valence-corrected chi connectivity index (χ4v) is 2.16. The molecule has 1 fully saturated rings. The summed E-state index contributed by atoms with van der Waals surface area (Å²) in [7, 11) is 0. The van der Waals surface area contributed by atoms with E-state index in [0.29, 0.717) is 18.8 Å². The molecule has 1 saturated carbocycles. The van der Waals surface area contributed by atoms with Crippen molar-refractivity contribution in [2.75, 3.05) is 0 Å². The average molecular weight is 235 g/mol. The SMILES string of the molecule is Cc1c(CCC(O)C2CC2)cccc1[N+](=O)[O-]. The molecular weight excluding hydrogens is 218 g/mol. The van der Waals surface area contributed by atoms with Gasteiger partial charge in [-0.05, 0) is 44.1 Å². The van der Waals surface area contributed by atoms with Crippen molar-refractivity contribution in [3.63, 3.8) is 0 Å². The molecule has 4 heteroatoms. The van der Waals surface area contributed by atoms with Gasteiger partial charge in [0.25, 0.3) is 5.69 Å². The van der Waals surface area contributed by atoms with E-state index in [2.05, 4.69) is 0 Å². The molecule has 0 aliphatic heterocycles. The monoisotopic (exact) mass is 235 g/mol. The molecule has 1 aliphatic carbocycles. The minimum atomic E-state index is -0.351. The van der Waals surface area contributed by atoms with Crippen LogP contribution in [0.5, 0.6) is 0 Å². The van der Waals surface area contributed by atoms with Crippen LogP contribution in [0.25, 0.3) is 0 Å². The lowest BCUT2D eigenvalue weighted by atomic mass is 9.99. The first-order valence-corrected chi connectivity index (χ1v) is 6.00. The van der Waals surface area contributed by atoms with Gasteiger partial charge in [0.05, 0.1) is 11.0 Å². The summed E-state index contributed by atoms with van der Waals surface area (Å²) in [5.41, 5.74) is 1.86. The van der Waals surface area contributed by atoms with Crippen LogP contribution in [-0.4, -0.2) is 16.1 Å². The number of hydrogen-bond donors (Lipinski definition) is 1. The number of nitro benzene ring substituents is 1. The van der Waals surface area contributed by atoms with Crippen molar-refractivity contribution in [3.05, 3.63) is 39.4 Å². The molecule has 1 aromatic rings. The van der Waals surface area contributed by atoms with Crippen molar-refractivity contribution >= 4 is 5.69 Å². The molecule has 2 rings (SSSR count). The molecule has 0 bridgehead atoms. The fourth-order valence-electron chi connectivity index (χ4n) is 2.16. The molecular formula is C13H17NO3. The van der Waals surface area contributed by atoms with Crippen LogP contribution in [-0.2, 0) is 6.42 Å². The molecule has 1 unspecified atom stereocenters. The van der Waals surface area contributed by atoms with Gasteiger partial charge in [0.15, 0.2) is 0 Å². The molecule has 0 radical (unpaired) electrons. The van der Waals surface area contributed by atoms with Crippen molar-refractivity contribution < 1.29 is 10.0 Å². The van der Waals surface area contributed by atoms with Crippen LogP contribution in [0.15, 0.2) is 18.2 Å². The highest BCUT2D eigenvalue weighted by atomic mass is 16.6. The molecule has 4 nitrogen and oxygen atoms in total. The van der Waals surface area contributed by atoms with E-state index in [1.54, 1.807) is 13.0 Å². The molecule has 0 saturated heterocycles. The van der Waals surface area contributed by atoms with E-state index in [9.17, 15) is 15.2 Å². The van der Waals surface area contributed by atoms with Crippen molar-refractivity contribution in [1.82, 2.24) is 0 Å². The Morgan fingerprint density at radius 1 is 1.53 bits per heavy atom. The number of benzene rings is 1. The molecule has 0 aromatic heterocycles. The van der Waals surface area contributed by atoms with Gasteiger partial charge in [-0.1, -0.05) is 12.1 Å². The zero-order chi connectivity index (χ0) is 12.4. The second-order valence-corrected chi connectivity index (χ2v) is 4.76. The van der Waals surface area contributed by atoms with E-state index >= 15 is 0 Å². The van der Waals surface area contributed by atoms with Crippen molar-refractivity contribution in [2.45, 2.75) is 38.7 Å². The normalized spacial score (nSPS) is 16.8. The van der Waals surface area contributed by atoms with Crippen LogP contribution >= 0.6 is 0 Å². The van der Waals surface area contributed by atoms with Crippen LogP contribution in [0.1, 0.15) is 30.4 Å². The summed E-state index contributed by atoms with van der Waals surface area (Å²) in [6, 6.07) is 5.14. The van der Waals surface area contributed by atoms with Crippen LogP contribution in [0.3, 0.4) is 0 Å². The Hall–Kier alpha value is -1.42. The number of nitrogens with zero attached hydrogens (tertiary/aromatic N) is 1. The molecule has 1 aliphatic rings. The largest absolute Gasteiger partial charge is 0.393 e. The van der Waals surface area contributed by atoms with E-state index < -0.39 is 0 Å². The highest BCUT2D eigenvalue weighted by Crippen LogP contribution is 2.34. The maximum Gasteiger partial charge on any atom is 0.272 e. The number of nitro groups is 1. The number of aliphatic hydroxyl groups is 1. The summed E-state index contributed by atoms with van der Waals surface area (Å²) in [5, 5.41) is 20.6. The van der Waals surface area contributed by atoms with Gasteiger partial charge in [0.1, 0.15) is 0 Å². The maximum atomic E-state index is 10.8. The third-order valence-corrected chi connectivity index (χ3v) is 3.49. The highest BCUT2D eigenvalue weighted by Gasteiger charge is 2.29. The molecule has 92 valence electrons. The number of hydrogen-bond acceptors (Lipinski definition) is 3. The smallest absolute Gasteiger partial charge is 0.272 e. The van der Waals surface area contributed by atoms with Gasteiger partial charge in [-0.3, -0.25) is 10.1 Å². The van der Waals surface area contributed by atoms with Gasteiger partial charge in [-0.15, -0.1) is 0 Å². The summed E-state index contributed by atoms with van der Waals surface area (Å²) in [4.78, 5) is 10.4. The number of aliphatic hydroxyl groups excluding tert-OH is 1. The Morgan fingerprint density at radius 2 is 2.24 bits per heavy atom. The Morgan fingerprint density at radius 3 is 2.82 bits per heavy atom. The first-order valence-electron chi connectivity index (χ1n) is 6.00. The van der Waals surface area contributed by atoms with E-state index in [0.717, 1.165) is 24.0 Å². The van der Waals surface area contributed by atoms with Crippen molar-refractivity contribution in [3.8, 4) is 0 Å². The average Bonchev–Trinajstić information content (AvgIpc) is 3.10. The molecule has 0 heterocycles. The van der Waals surface area contributed by atoms with E-state index in [1.165, 1.54) is 6.07 Å². The lowest BCUT2D eigenvalue weighted by Gasteiger charge is -2.10. The quantitative estimate of drug-likeness (QED) is 0.630.